The third-order valence-corrected chi connectivity index (χ3v) is 3.17. The standard InChI is InChI=1S/C14H23NO2S/c1-16-9-7-15-12-13-5-3-6-14(11-13)17-8-4-10-18-2/h3,5-6,11,15H,4,7-10,12H2,1-2H3. The molecule has 0 bridgehead atoms. The maximum Gasteiger partial charge on any atom is 0.119 e. The highest BCUT2D eigenvalue weighted by molar-refractivity contribution is 7.98. The van der Waals surface area contributed by atoms with E-state index in [0.29, 0.717) is 0 Å². The summed E-state index contributed by atoms with van der Waals surface area (Å²) in [5, 5.41) is 3.32. The fourth-order valence-corrected chi connectivity index (χ4v) is 1.95. The molecule has 0 heterocycles. The molecule has 0 unspecified atom stereocenters. The Morgan fingerprint density at radius 1 is 1.28 bits per heavy atom. The van der Waals surface area contributed by atoms with Crippen molar-refractivity contribution in [2.75, 3.05) is 38.9 Å². The maximum absolute atomic E-state index is 5.71. The molecule has 1 aromatic carbocycles. The van der Waals surface area contributed by atoms with E-state index in [-0.39, 0.29) is 0 Å². The lowest BCUT2D eigenvalue weighted by Gasteiger charge is -2.08. The van der Waals surface area contributed by atoms with Crippen LogP contribution in [0.3, 0.4) is 0 Å². The summed E-state index contributed by atoms with van der Waals surface area (Å²) in [5.41, 5.74) is 1.24. The Morgan fingerprint density at radius 3 is 2.94 bits per heavy atom. The fraction of sp³-hybridized carbons (Fsp3) is 0.571. The van der Waals surface area contributed by atoms with Gasteiger partial charge in [0.25, 0.3) is 0 Å². The van der Waals surface area contributed by atoms with Crippen molar-refractivity contribution in [1.82, 2.24) is 5.32 Å². The summed E-state index contributed by atoms with van der Waals surface area (Å²) >= 11 is 1.85. The lowest BCUT2D eigenvalue weighted by molar-refractivity contribution is 0.199. The van der Waals surface area contributed by atoms with E-state index < -0.39 is 0 Å². The normalized spacial score (nSPS) is 10.6. The van der Waals surface area contributed by atoms with Gasteiger partial charge in [0.2, 0.25) is 0 Å². The van der Waals surface area contributed by atoms with Gasteiger partial charge < -0.3 is 14.8 Å². The molecule has 0 fully saturated rings. The molecule has 4 heteroatoms. The number of rotatable bonds is 10. The number of nitrogens with one attached hydrogen (secondary N) is 1. The SMILES string of the molecule is COCCNCc1cccc(OCCCSC)c1. The molecule has 0 aromatic heterocycles. The lowest BCUT2D eigenvalue weighted by Crippen LogP contribution is -2.18. The first-order chi connectivity index (χ1) is 8.86. The molecule has 0 saturated carbocycles. The molecule has 18 heavy (non-hydrogen) atoms. The Labute approximate surface area is 114 Å². The zero-order valence-corrected chi connectivity index (χ0v) is 12.1. The van der Waals surface area contributed by atoms with Crippen LogP contribution in [0.1, 0.15) is 12.0 Å². The Hall–Kier alpha value is -0.710. The van der Waals surface area contributed by atoms with E-state index in [9.17, 15) is 0 Å². The molecule has 0 aliphatic rings. The molecule has 102 valence electrons. The van der Waals surface area contributed by atoms with Gasteiger partial charge in [0, 0.05) is 20.2 Å². The van der Waals surface area contributed by atoms with Crippen molar-refractivity contribution in [3.8, 4) is 5.75 Å². The largest absolute Gasteiger partial charge is 0.494 e. The van der Waals surface area contributed by atoms with Crippen molar-refractivity contribution in [3.05, 3.63) is 29.8 Å². The Kier molecular flexibility index (Phi) is 8.73. The predicted molar refractivity (Wildman–Crippen MR) is 78.5 cm³/mol. The zero-order chi connectivity index (χ0) is 13.1. The third kappa shape index (κ3) is 6.89. The Bertz CT molecular complexity index is 293. The highest BCUT2D eigenvalue weighted by atomic mass is 32.2. The second kappa shape index (κ2) is 10.2. The molecule has 0 atom stereocenters. The van der Waals surface area contributed by atoms with Crippen molar-refractivity contribution >= 4 is 11.8 Å². The second-order valence-electron chi connectivity index (χ2n) is 4.01. The quantitative estimate of drug-likeness (QED) is 0.661. The smallest absolute Gasteiger partial charge is 0.119 e. The van der Waals surface area contributed by atoms with Gasteiger partial charge in [-0.2, -0.15) is 11.8 Å². The molecule has 0 aliphatic heterocycles. The van der Waals surface area contributed by atoms with Crippen LogP contribution in [-0.2, 0) is 11.3 Å². The lowest BCUT2D eigenvalue weighted by atomic mass is 10.2. The van der Waals surface area contributed by atoms with E-state index in [1.807, 2.05) is 23.9 Å². The summed E-state index contributed by atoms with van der Waals surface area (Å²) in [6, 6.07) is 8.25. The Morgan fingerprint density at radius 2 is 2.17 bits per heavy atom. The van der Waals surface area contributed by atoms with Crippen molar-refractivity contribution in [1.29, 1.82) is 0 Å². The van der Waals surface area contributed by atoms with E-state index in [2.05, 4.69) is 23.7 Å². The topological polar surface area (TPSA) is 30.5 Å². The van der Waals surface area contributed by atoms with Gasteiger partial charge in [-0.1, -0.05) is 12.1 Å². The average Bonchev–Trinajstić information content (AvgIpc) is 2.40. The van der Waals surface area contributed by atoms with Crippen LogP contribution in [0.15, 0.2) is 24.3 Å². The number of hydrogen-bond acceptors (Lipinski definition) is 4. The number of hydrogen-bond donors (Lipinski definition) is 1. The van der Waals surface area contributed by atoms with Gasteiger partial charge in [0.1, 0.15) is 5.75 Å². The van der Waals surface area contributed by atoms with Crippen LogP contribution < -0.4 is 10.1 Å². The van der Waals surface area contributed by atoms with Gasteiger partial charge in [-0.15, -0.1) is 0 Å². The first-order valence-electron chi connectivity index (χ1n) is 6.27. The Balaban J connectivity index is 2.27. The van der Waals surface area contributed by atoms with Crippen molar-refractivity contribution in [2.24, 2.45) is 0 Å². The van der Waals surface area contributed by atoms with Crippen LogP contribution in [0, 0.1) is 0 Å². The first kappa shape index (κ1) is 15.3. The van der Waals surface area contributed by atoms with Gasteiger partial charge in [0.05, 0.1) is 13.2 Å². The number of methoxy groups -OCH3 is 1. The molecule has 0 aliphatic carbocycles. The maximum atomic E-state index is 5.71. The molecular weight excluding hydrogens is 246 g/mol. The first-order valence-corrected chi connectivity index (χ1v) is 7.66. The third-order valence-electron chi connectivity index (χ3n) is 2.47. The van der Waals surface area contributed by atoms with Gasteiger partial charge in [0.15, 0.2) is 0 Å². The van der Waals surface area contributed by atoms with Crippen molar-refractivity contribution in [2.45, 2.75) is 13.0 Å². The molecule has 1 rings (SSSR count). The van der Waals surface area contributed by atoms with Crippen LogP contribution in [-0.4, -0.2) is 38.9 Å². The van der Waals surface area contributed by atoms with Crippen LogP contribution >= 0.6 is 11.8 Å². The summed E-state index contributed by atoms with van der Waals surface area (Å²) in [6.07, 6.45) is 3.21. The van der Waals surface area contributed by atoms with Crippen molar-refractivity contribution < 1.29 is 9.47 Å². The highest BCUT2D eigenvalue weighted by Crippen LogP contribution is 2.13. The molecule has 0 saturated heterocycles. The fourth-order valence-electron chi connectivity index (χ4n) is 1.55. The molecule has 1 N–H and O–H groups in total. The van der Waals surface area contributed by atoms with Crippen molar-refractivity contribution in [3.63, 3.8) is 0 Å². The van der Waals surface area contributed by atoms with E-state index in [1.54, 1.807) is 7.11 Å². The number of thioether (sulfide) groups is 1. The second-order valence-corrected chi connectivity index (χ2v) is 5.00. The molecule has 3 nitrogen and oxygen atoms in total. The van der Waals surface area contributed by atoms with Crippen LogP contribution in [0.2, 0.25) is 0 Å². The minimum atomic E-state index is 0.741. The van der Waals surface area contributed by atoms with Crippen LogP contribution in [0.5, 0.6) is 5.75 Å². The molecule has 0 amide bonds. The molecule has 1 aromatic rings. The van der Waals surface area contributed by atoms with Gasteiger partial charge in [-0.25, -0.2) is 0 Å². The molecular formula is C14H23NO2S. The predicted octanol–water partition coefficient (Wildman–Crippen LogP) is 2.55. The van der Waals surface area contributed by atoms with E-state index in [4.69, 9.17) is 9.47 Å². The minimum Gasteiger partial charge on any atom is -0.494 e. The van der Waals surface area contributed by atoms with Gasteiger partial charge in [-0.3, -0.25) is 0 Å². The van der Waals surface area contributed by atoms with E-state index in [0.717, 1.165) is 44.2 Å². The average molecular weight is 269 g/mol. The summed E-state index contributed by atoms with van der Waals surface area (Å²) in [6.45, 7) is 3.26. The number of ether oxygens (including phenoxy) is 2. The molecule has 0 radical (unpaired) electrons. The number of benzene rings is 1. The summed E-state index contributed by atoms with van der Waals surface area (Å²) < 4.78 is 10.7. The monoisotopic (exact) mass is 269 g/mol. The zero-order valence-electron chi connectivity index (χ0n) is 11.3. The summed E-state index contributed by atoms with van der Waals surface area (Å²) in [4.78, 5) is 0. The van der Waals surface area contributed by atoms with E-state index >= 15 is 0 Å². The summed E-state index contributed by atoms with van der Waals surface area (Å²) in [7, 11) is 1.71. The summed E-state index contributed by atoms with van der Waals surface area (Å²) in [5.74, 6) is 2.11. The molecule has 0 spiro atoms. The van der Waals surface area contributed by atoms with E-state index in [1.165, 1.54) is 5.56 Å². The minimum absolute atomic E-state index is 0.741. The van der Waals surface area contributed by atoms with Crippen LogP contribution in [0.25, 0.3) is 0 Å². The highest BCUT2D eigenvalue weighted by Gasteiger charge is 1.97. The van der Waals surface area contributed by atoms with Gasteiger partial charge in [-0.05, 0) is 36.1 Å². The van der Waals surface area contributed by atoms with Crippen LogP contribution in [0.4, 0.5) is 0 Å². The van der Waals surface area contributed by atoms with Gasteiger partial charge >= 0.3 is 0 Å².